The van der Waals surface area contributed by atoms with Gasteiger partial charge < -0.3 is 20.0 Å². The van der Waals surface area contributed by atoms with Crippen LogP contribution in [0.4, 0.5) is 10.1 Å². The van der Waals surface area contributed by atoms with Gasteiger partial charge in [-0.05, 0) is 29.8 Å². The minimum absolute atomic E-state index is 0.103. The van der Waals surface area contributed by atoms with Crippen LogP contribution in [0.2, 0.25) is 0 Å². The van der Waals surface area contributed by atoms with E-state index in [4.69, 9.17) is 4.84 Å². The van der Waals surface area contributed by atoms with Gasteiger partial charge in [0, 0.05) is 6.42 Å². The number of ether oxygens (including phenoxy) is 1. The molecule has 2 N–H and O–H groups in total. The molecule has 0 unspecified atom stereocenters. The molecule has 1 heterocycles. The lowest BCUT2D eigenvalue weighted by atomic mass is 9.90. The molecule has 150 valence electrons. The molecule has 1 atom stereocenters. The maximum absolute atomic E-state index is 13.1. The van der Waals surface area contributed by atoms with Gasteiger partial charge in [-0.2, -0.15) is 0 Å². The second-order valence-electron chi connectivity index (χ2n) is 6.37. The highest BCUT2D eigenvalue weighted by molar-refractivity contribution is 6.10. The summed E-state index contributed by atoms with van der Waals surface area (Å²) in [5, 5.41) is 15.7. The molecule has 8 nitrogen and oxygen atoms in total. The molecule has 3 rings (SSSR count). The van der Waals surface area contributed by atoms with Crippen LogP contribution in [0.1, 0.15) is 28.8 Å². The molecule has 0 aliphatic carbocycles. The summed E-state index contributed by atoms with van der Waals surface area (Å²) >= 11 is 0. The van der Waals surface area contributed by atoms with E-state index in [0.29, 0.717) is 11.3 Å². The zero-order valence-corrected chi connectivity index (χ0v) is 15.3. The zero-order chi connectivity index (χ0) is 21.0. The summed E-state index contributed by atoms with van der Waals surface area (Å²) in [5.41, 5.74) is -0.762. The maximum atomic E-state index is 13.1. The fourth-order valence-electron chi connectivity index (χ4n) is 2.93. The minimum Gasteiger partial charge on any atom is -0.481 e. The molecule has 9 heteroatoms. The standard InChI is InChI=1S/C20H17FN2O6/c1-28-18(26)14-4-2-3-5-15(14)22-19(27)20(11-17(24)25)10-16(23-29-20)12-6-8-13(21)9-7-12/h2-9H,10-11H2,1H3,(H,22,27)(H,24,25)/t20-/m0/s1. The Morgan fingerprint density at radius 3 is 2.55 bits per heavy atom. The SMILES string of the molecule is COC(=O)c1ccccc1NC(=O)[C@@]1(CC(=O)O)CC(c2ccc(F)cc2)=NO1. The van der Waals surface area contributed by atoms with E-state index in [1.54, 1.807) is 12.1 Å². The molecule has 29 heavy (non-hydrogen) atoms. The molecular formula is C20H17FN2O6. The third-order valence-corrected chi connectivity index (χ3v) is 4.39. The third kappa shape index (κ3) is 4.23. The van der Waals surface area contributed by atoms with E-state index in [0.717, 1.165) is 0 Å². The van der Waals surface area contributed by atoms with Gasteiger partial charge in [0.15, 0.2) is 0 Å². The number of carbonyl (C=O) groups excluding carboxylic acids is 2. The topological polar surface area (TPSA) is 114 Å². The van der Waals surface area contributed by atoms with E-state index in [1.165, 1.54) is 43.5 Å². The van der Waals surface area contributed by atoms with Gasteiger partial charge in [-0.25, -0.2) is 9.18 Å². The smallest absolute Gasteiger partial charge is 0.339 e. The largest absolute Gasteiger partial charge is 0.481 e. The summed E-state index contributed by atoms with van der Waals surface area (Å²) < 4.78 is 17.8. The first-order valence-electron chi connectivity index (χ1n) is 8.56. The second kappa shape index (κ2) is 8.09. The number of aliphatic carboxylic acids is 1. The lowest BCUT2D eigenvalue weighted by Gasteiger charge is -2.24. The van der Waals surface area contributed by atoms with Crippen molar-refractivity contribution < 1.29 is 33.5 Å². The van der Waals surface area contributed by atoms with Crippen molar-refractivity contribution in [2.45, 2.75) is 18.4 Å². The molecule has 0 aromatic heterocycles. The average molecular weight is 400 g/mol. The number of oxime groups is 1. The van der Waals surface area contributed by atoms with Gasteiger partial charge in [0.1, 0.15) is 5.82 Å². The number of hydrogen-bond acceptors (Lipinski definition) is 6. The normalized spacial score (nSPS) is 17.8. The summed E-state index contributed by atoms with van der Waals surface area (Å²) in [6, 6.07) is 11.5. The fourth-order valence-corrected chi connectivity index (χ4v) is 2.93. The molecule has 2 aromatic carbocycles. The Kier molecular flexibility index (Phi) is 5.58. The van der Waals surface area contributed by atoms with E-state index >= 15 is 0 Å². The van der Waals surface area contributed by atoms with Gasteiger partial charge >= 0.3 is 11.9 Å². The number of nitrogens with zero attached hydrogens (tertiary/aromatic N) is 1. The van der Waals surface area contributed by atoms with E-state index < -0.39 is 35.7 Å². The van der Waals surface area contributed by atoms with Gasteiger partial charge in [0.05, 0.1) is 30.5 Å². The molecule has 2 aromatic rings. The number of para-hydroxylation sites is 1. The van der Waals surface area contributed by atoms with Crippen LogP contribution in [-0.4, -0.2) is 41.4 Å². The van der Waals surface area contributed by atoms with Gasteiger partial charge in [0.25, 0.3) is 5.91 Å². The average Bonchev–Trinajstić information content (AvgIpc) is 3.13. The highest BCUT2D eigenvalue weighted by Gasteiger charge is 2.49. The van der Waals surface area contributed by atoms with Gasteiger partial charge in [-0.1, -0.05) is 29.4 Å². The number of hydrogen-bond donors (Lipinski definition) is 2. The molecule has 1 amide bonds. The third-order valence-electron chi connectivity index (χ3n) is 4.39. The Hall–Kier alpha value is -3.75. The van der Waals surface area contributed by atoms with Crippen LogP contribution in [0, 0.1) is 5.82 Å². The fraction of sp³-hybridized carbons (Fsp3) is 0.200. The first-order valence-corrected chi connectivity index (χ1v) is 8.56. The summed E-state index contributed by atoms with van der Waals surface area (Å²) in [6.07, 6.45) is -0.801. The number of benzene rings is 2. The van der Waals surface area contributed by atoms with Crippen molar-refractivity contribution in [3.05, 3.63) is 65.5 Å². The van der Waals surface area contributed by atoms with Gasteiger partial charge in [-0.15, -0.1) is 0 Å². The van der Waals surface area contributed by atoms with Crippen LogP contribution in [0.5, 0.6) is 0 Å². The Bertz CT molecular complexity index is 989. The monoisotopic (exact) mass is 400 g/mol. The van der Waals surface area contributed by atoms with Gasteiger partial charge in [-0.3, -0.25) is 9.59 Å². The Balaban J connectivity index is 1.87. The first kappa shape index (κ1) is 20.0. The minimum atomic E-state index is -1.82. The Morgan fingerprint density at radius 2 is 1.90 bits per heavy atom. The number of esters is 1. The molecule has 0 fully saturated rings. The summed E-state index contributed by atoms with van der Waals surface area (Å²) in [5.74, 6) is -3.15. The molecule has 1 aliphatic heterocycles. The van der Waals surface area contributed by atoms with E-state index in [-0.39, 0.29) is 17.7 Å². The summed E-state index contributed by atoms with van der Waals surface area (Å²) in [6.45, 7) is 0. The molecule has 0 radical (unpaired) electrons. The number of nitrogens with one attached hydrogen (secondary N) is 1. The highest BCUT2D eigenvalue weighted by Crippen LogP contribution is 2.32. The number of rotatable bonds is 6. The molecule has 0 spiro atoms. The summed E-state index contributed by atoms with van der Waals surface area (Å²) in [4.78, 5) is 41.6. The van der Waals surface area contributed by atoms with Crippen LogP contribution < -0.4 is 5.32 Å². The van der Waals surface area contributed by atoms with Crippen LogP contribution in [-0.2, 0) is 19.2 Å². The Labute approximate surface area is 164 Å². The number of carboxylic acid groups (broad SMARTS) is 1. The van der Waals surface area contributed by atoms with Crippen molar-refractivity contribution in [2.24, 2.45) is 5.16 Å². The number of amides is 1. The predicted octanol–water partition coefficient (Wildman–Crippen LogP) is 2.59. The maximum Gasteiger partial charge on any atom is 0.339 e. The van der Waals surface area contributed by atoms with Crippen molar-refractivity contribution in [1.29, 1.82) is 0 Å². The zero-order valence-electron chi connectivity index (χ0n) is 15.3. The number of anilines is 1. The quantitative estimate of drug-likeness (QED) is 0.721. The van der Waals surface area contributed by atoms with Crippen LogP contribution in [0.15, 0.2) is 53.7 Å². The molecule has 0 bridgehead atoms. The van der Waals surface area contributed by atoms with Crippen LogP contribution in [0.25, 0.3) is 0 Å². The highest BCUT2D eigenvalue weighted by atomic mass is 19.1. The van der Waals surface area contributed by atoms with Crippen molar-refractivity contribution >= 4 is 29.2 Å². The number of carbonyl (C=O) groups is 3. The second-order valence-corrected chi connectivity index (χ2v) is 6.37. The predicted molar refractivity (Wildman–Crippen MR) is 100 cm³/mol. The molecular weight excluding hydrogens is 383 g/mol. The van der Waals surface area contributed by atoms with Crippen molar-refractivity contribution in [1.82, 2.24) is 0 Å². The van der Waals surface area contributed by atoms with Gasteiger partial charge in [0.2, 0.25) is 5.60 Å². The van der Waals surface area contributed by atoms with Crippen LogP contribution in [0.3, 0.4) is 0 Å². The van der Waals surface area contributed by atoms with Crippen molar-refractivity contribution in [2.75, 3.05) is 12.4 Å². The van der Waals surface area contributed by atoms with E-state index in [9.17, 15) is 23.9 Å². The molecule has 1 aliphatic rings. The van der Waals surface area contributed by atoms with Crippen molar-refractivity contribution in [3.8, 4) is 0 Å². The molecule has 0 saturated carbocycles. The summed E-state index contributed by atoms with van der Waals surface area (Å²) in [7, 11) is 1.20. The molecule has 0 saturated heterocycles. The Morgan fingerprint density at radius 1 is 1.21 bits per heavy atom. The number of carboxylic acids is 1. The lowest BCUT2D eigenvalue weighted by molar-refractivity contribution is -0.152. The van der Waals surface area contributed by atoms with Crippen LogP contribution >= 0.6 is 0 Å². The first-order chi connectivity index (χ1) is 13.8. The number of methoxy groups -OCH3 is 1. The lowest BCUT2D eigenvalue weighted by Crippen LogP contribution is -2.45. The van der Waals surface area contributed by atoms with E-state index in [2.05, 4.69) is 15.2 Å². The van der Waals surface area contributed by atoms with Crippen molar-refractivity contribution in [3.63, 3.8) is 0 Å². The van der Waals surface area contributed by atoms with E-state index in [1.807, 2.05) is 0 Å². The number of halogens is 1.